The number of carbonyl (C=O) groups is 2. The minimum absolute atomic E-state index is 0.0440. The Kier molecular flexibility index (Phi) is 7.41. The standard InChI is InChI=1S/C27H28BrNO5/c1-16-24(27(31)34-13-12-17-8-5-4-6-9-17)25(26-20(29-16)10-7-11-21(26)30)18-14-22(32-2)23(33-3)15-19(18)28/h4-6,8-9,14-15,25,29H,7,10-13H2,1-3H3. The number of halogens is 1. The number of dihydropyridines is 1. The fourth-order valence-corrected chi connectivity index (χ4v) is 5.19. The van der Waals surface area contributed by atoms with Crippen LogP contribution in [0.5, 0.6) is 11.5 Å². The summed E-state index contributed by atoms with van der Waals surface area (Å²) in [6.07, 6.45) is 2.62. The second-order valence-electron chi connectivity index (χ2n) is 8.37. The van der Waals surface area contributed by atoms with Gasteiger partial charge in [-0.2, -0.15) is 0 Å². The fourth-order valence-electron chi connectivity index (χ4n) is 4.64. The van der Waals surface area contributed by atoms with Crippen LogP contribution in [0.4, 0.5) is 0 Å². The van der Waals surface area contributed by atoms with Crippen LogP contribution in [-0.4, -0.2) is 32.6 Å². The van der Waals surface area contributed by atoms with Gasteiger partial charge in [0.05, 0.1) is 26.4 Å². The number of esters is 1. The number of hydrogen-bond acceptors (Lipinski definition) is 6. The van der Waals surface area contributed by atoms with Gasteiger partial charge in [0.1, 0.15) is 0 Å². The van der Waals surface area contributed by atoms with Crippen molar-refractivity contribution in [2.45, 2.75) is 38.5 Å². The summed E-state index contributed by atoms with van der Waals surface area (Å²) in [6, 6.07) is 13.5. The number of rotatable bonds is 7. The molecule has 178 valence electrons. The fraction of sp³-hybridized carbons (Fsp3) is 0.333. The first-order valence-electron chi connectivity index (χ1n) is 11.3. The Bertz CT molecular complexity index is 1170. The van der Waals surface area contributed by atoms with Crippen molar-refractivity contribution in [2.24, 2.45) is 0 Å². The van der Waals surface area contributed by atoms with Gasteiger partial charge in [0.25, 0.3) is 0 Å². The van der Waals surface area contributed by atoms with E-state index in [2.05, 4.69) is 21.2 Å². The summed E-state index contributed by atoms with van der Waals surface area (Å²) >= 11 is 3.64. The Morgan fingerprint density at radius 3 is 2.50 bits per heavy atom. The lowest BCUT2D eigenvalue weighted by Crippen LogP contribution is -2.34. The predicted octanol–water partition coefficient (Wildman–Crippen LogP) is 5.22. The molecule has 7 heteroatoms. The number of carbonyl (C=O) groups excluding carboxylic acids is 2. The zero-order valence-corrected chi connectivity index (χ0v) is 21.2. The normalized spacial score (nSPS) is 17.8. The number of allylic oxidation sites excluding steroid dienone is 3. The molecule has 6 nitrogen and oxygen atoms in total. The Morgan fingerprint density at radius 2 is 1.79 bits per heavy atom. The highest BCUT2D eigenvalue weighted by Crippen LogP contribution is 2.47. The van der Waals surface area contributed by atoms with Gasteiger partial charge in [0.15, 0.2) is 17.3 Å². The summed E-state index contributed by atoms with van der Waals surface area (Å²) in [5.41, 5.74) is 4.49. The second kappa shape index (κ2) is 10.5. The van der Waals surface area contributed by atoms with E-state index >= 15 is 0 Å². The molecule has 1 aliphatic heterocycles. The van der Waals surface area contributed by atoms with E-state index in [0.29, 0.717) is 41.2 Å². The number of Topliss-reactive ketones (excluding diaryl/α,β-unsaturated/α-hetero) is 1. The third-order valence-corrected chi connectivity index (χ3v) is 6.96. The van der Waals surface area contributed by atoms with Gasteiger partial charge < -0.3 is 19.5 Å². The lowest BCUT2D eigenvalue weighted by Gasteiger charge is -2.34. The first-order valence-corrected chi connectivity index (χ1v) is 12.1. The van der Waals surface area contributed by atoms with Crippen LogP contribution in [0.2, 0.25) is 0 Å². The van der Waals surface area contributed by atoms with Crippen LogP contribution in [0.1, 0.15) is 43.2 Å². The minimum Gasteiger partial charge on any atom is -0.493 e. The molecule has 0 bridgehead atoms. The van der Waals surface area contributed by atoms with Crippen molar-refractivity contribution >= 4 is 27.7 Å². The second-order valence-corrected chi connectivity index (χ2v) is 9.22. The number of ketones is 1. The molecule has 1 aliphatic carbocycles. The quantitative estimate of drug-likeness (QED) is 0.499. The lowest BCUT2D eigenvalue weighted by atomic mass is 9.75. The van der Waals surface area contributed by atoms with Gasteiger partial charge >= 0.3 is 5.97 Å². The monoisotopic (exact) mass is 525 g/mol. The molecule has 34 heavy (non-hydrogen) atoms. The van der Waals surface area contributed by atoms with E-state index < -0.39 is 11.9 Å². The third kappa shape index (κ3) is 4.75. The molecule has 0 saturated heterocycles. The maximum absolute atomic E-state index is 13.4. The Balaban J connectivity index is 1.72. The van der Waals surface area contributed by atoms with Crippen LogP contribution in [-0.2, 0) is 20.7 Å². The van der Waals surface area contributed by atoms with E-state index in [1.807, 2.05) is 43.3 Å². The zero-order chi connectivity index (χ0) is 24.2. The lowest BCUT2D eigenvalue weighted by molar-refractivity contribution is -0.139. The van der Waals surface area contributed by atoms with Gasteiger partial charge in [-0.3, -0.25) is 4.79 Å². The maximum Gasteiger partial charge on any atom is 0.336 e. The van der Waals surface area contributed by atoms with Crippen molar-refractivity contribution in [3.63, 3.8) is 0 Å². The maximum atomic E-state index is 13.4. The van der Waals surface area contributed by atoms with E-state index in [9.17, 15) is 9.59 Å². The first-order chi connectivity index (χ1) is 16.4. The van der Waals surface area contributed by atoms with Gasteiger partial charge in [-0.15, -0.1) is 0 Å². The van der Waals surface area contributed by atoms with E-state index in [-0.39, 0.29) is 12.4 Å². The number of nitrogens with one attached hydrogen (secondary N) is 1. The van der Waals surface area contributed by atoms with E-state index in [1.54, 1.807) is 20.3 Å². The van der Waals surface area contributed by atoms with Crippen LogP contribution < -0.4 is 14.8 Å². The van der Waals surface area contributed by atoms with Crippen LogP contribution in [0, 0.1) is 0 Å². The summed E-state index contributed by atoms with van der Waals surface area (Å²) in [4.78, 5) is 26.6. The highest BCUT2D eigenvalue weighted by atomic mass is 79.9. The highest BCUT2D eigenvalue weighted by molar-refractivity contribution is 9.10. The van der Waals surface area contributed by atoms with E-state index in [4.69, 9.17) is 14.2 Å². The molecule has 2 aromatic rings. The van der Waals surface area contributed by atoms with Gasteiger partial charge in [0, 0.05) is 40.2 Å². The molecule has 1 N–H and O–H groups in total. The molecule has 0 radical (unpaired) electrons. The summed E-state index contributed by atoms with van der Waals surface area (Å²) in [6.45, 7) is 2.11. The smallest absolute Gasteiger partial charge is 0.336 e. The Hall–Kier alpha value is -3.06. The largest absolute Gasteiger partial charge is 0.493 e. The van der Waals surface area contributed by atoms with Crippen molar-refractivity contribution in [2.75, 3.05) is 20.8 Å². The molecule has 2 aliphatic rings. The molecule has 1 unspecified atom stereocenters. The van der Waals surface area contributed by atoms with Gasteiger partial charge in [0.2, 0.25) is 0 Å². The topological polar surface area (TPSA) is 73.9 Å². The molecule has 0 spiro atoms. The summed E-state index contributed by atoms with van der Waals surface area (Å²) in [7, 11) is 3.13. The average Bonchev–Trinajstić information content (AvgIpc) is 2.83. The van der Waals surface area contributed by atoms with E-state index in [0.717, 1.165) is 34.1 Å². The van der Waals surface area contributed by atoms with Crippen LogP contribution in [0.25, 0.3) is 0 Å². The van der Waals surface area contributed by atoms with Crippen LogP contribution in [0.15, 0.2) is 69.5 Å². The summed E-state index contributed by atoms with van der Waals surface area (Å²) < 4.78 is 17.4. The number of hydrogen-bond donors (Lipinski definition) is 1. The van der Waals surface area contributed by atoms with Crippen molar-refractivity contribution < 1.29 is 23.8 Å². The molecule has 4 rings (SSSR count). The molecular formula is C27H28BrNO5. The van der Waals surface area contributed by atoms with Crippen molar-refractivity contribution in [3.05, 3.63) is 80.6 Å². The molecule has 1 heterocycles. The molecule has 1 atom stereocenters. The first kappa shape index (κ1) is 24.1. The molecule has 0 amide bonds. The van der Waals surface area contributed by atoms with Crippen molar-refractivity contribution in [1.82, 2.24) is 5.32 Å². The Labute approximate surface area is 208 Å². The minimum atomic E-state index is -0.567. The molecule has 0 saturated carbocycles. The number of methoxy groups -OCH3 is 2. The van der Waals surface area contributed by atoms with Crippen LogP contribution >= 0.6 is 15.9 Å². The van der Waals surface area contributed by atoms with Crippen LogP contribution in [0.3, 0.4) is 0 Å². The third-order valence-electron chi connectivity index (χ3n) is 6.28. The van der Waals surface area contributed by atoms with Crippen molar-refractivity contribution in [3.8, 4) is 11.5 Å². The number of benzene rings is 2. The Morgan fingerprint density at radius 1 is 1.09 bits per heavy atom. The van der Waals surface area contributed by atoms with Gasteiger partial charge in [-0.1, -0.05) is 46.3 Å². The molecule has 2 aromatic carbocycles. The number of ether oxygens (including phenoxy) is 3. The van der Waals surface area contributed by atoms with E-state index in [1.165, 1.54) is 0 Å². The average molecular weight is 526 g/mol. The predicted molar refractivity (Wildman–Crippen MR) is 133 cm³/mol. The van der Waals surface area contributed by atoms with Gasteiger partial charge in [-0.25, -0.2) is 4.79 Å². The van der Waals surface area contributed by atoms with Gasteiger partial charge in [-0.05, 0) is 43.0 Å². The SMILES string of the molecule is COc1cc(Br)c(C2C(C(=O)OCCc3ccccc3)=C(C)NC3=C2C(=O)CCC3)cc1OC. The molecule has 0 aromatic heterocycles. The highest BCUT2D eigenvalue weighted by Gasteiger charge is 2.40. The zero-order valence-electron chi connectivity index (χ0n) is 19.6. The molecule has 0 fully saturated rings. The molecular weight excluding hydrogens is 498 g/mol. The summed E-state index contributed by atoms with van der Waals surface area (Å²) in [5, 5.41) is 3.32. The summed E-state index contributed by atoms with van der Waals surface area (Å²) in [5.74, 6) is 0.130. The van der Waals surface area contributed by atoms with Crippen molar-refractivity contribution in [1.29, 1.82) is 0 Å².